The number of benzene rings is 6. The van der Waals surface area contributed by atoms with Crippen LogP contribution in [0.5, 0.6) is 0 Å². The van der Waals surface area contributed by atoms with Gasteiger partial charge in [-0.05, 0) is 104 Å². The molecule has 1 nitrogen and oxygen atoms in total. The zero-order valence-corrected chi connectivity index (χ0v) is 22.4. The Morgan fingerprint density at radius 3 is 1.35 bits per heavy atom. The smallest absolute Gasteiger partial charge is 0.0489 e. The minimum atomic E-state index is 1.00. The summed E-state index contributed by atoms with van der Waals surface area (Å²) in [6, 6.07) is 45.4. The molecule has 1 aromatic heterocycles. The van der Waals surface area contributed by atoms with Gasteiger partial charge in [0.05, 0.1) is 0 Å². The van der Waals surface area contributed by atoms with E-state index in [4.69, 9.17) is 0 Å². The maximum Gasteiger partial charge on any atom is 0.0489 e. The molecule has 0 amide bonds. The molecule has 0 N–H and O–H groups in total. The van der Waals surface area contributed by atoms with E-state index in [0.29, 0.717) is 0 Å². The van der Waals surface area contributed by atoms with Gasteiger partial charge >= 0.3 is 0 Å². The van der Waals surface area contributed by atoms with Crippen molar-refractivity contribution in [2.75, 3.05) is 0 Å². The third-order valence-electron chi connectivity index (χ3n) is 9.33. The van der Waals surface area contributed by atoms with Crippen LogP contribution >= 0.6 is 0 Å². The quantitative estimate of drug-likeness (QED) is 0.219. The fourth-order valence-corrected chi connectivity index (χ4v) is 7.41. The Labute approximate surface area is 234 Å². The normalized spacial score (nSPS) is 12.9. The van der Waals surface area contributed by atoms with E-state index in [1.54, 1.807) is 0 Å². The van der Waals surface area contributed by atoms with E-state index in [0.717, 1.165) is 12.8 Å². The number of aromatic nitrogens is 1. The van der Waals surface area contributed by atoms with Crippen molar-refractivity contribution in [2.45, 2.75) is 12.8 Å². The first-order valence-electron chi connectivity index (χ1n) is 14.2. The minimum Gasteiger partial charge on any atom is -0.344 e. The molecule has 9 rings (SSSR count). The molecule has 0 aliphatic heterocycles. The zero-order chi connectivity index (χ0) is 26.4. The minimum absolute atomic E-state index is 1.00. The Balaban J connectivity index is 1.22. The van der Waals surface area contributed by atoms with Gasteiger partial charge in [-0.2, -0.15) is 0 Å². The Kier molecular flexibility index (Phi) is 4.43. The lowest BCUT2D eigenvalue weighted by Crippen LogP contribution is -1.89. The molecule has 0 radical (unpaired) electrons. The first kappa shape index (κ1) is 22.0. The monoisotopic (exact) mass is 509 g/mol. The Morgan fingerprint density at radius 1 is 0.425 bits per heavy atom. The van der Waals surface area contributed by atoms with Gasteiger partial charge in [0.15, 0.2) is 0 Å². The predicted molar refractivity (Wildman–Crippen MR) is 168 cm³/mol. The van der Waals surface area contributed by atoms with Crippen molar-refractivity contribution in [3.8, 4) is 44.5 Å². The van der Waals surface area contributed by atoms with E-state index in [1.807, 2.05) is 0 Å². The molecule has 0 bridgehead atoms. The van der Waals surface area contributed by atoms with Crippen LogP contribution in [0.1, 0.15) is 22.3 Å². The van der Waals surface area contributed by atoms with Gasteiger partial charge in [0.25, 0.3) is 0 Å². The van der Waals surface area contributed by atoms with Crippen LogP contribution in [0.3, 0.4) is 0 Å². The highest BCUT2D eigenvalue weighted by atomic mass is 14.9. The summed E-state index contributed by atoms with van der Waals surface area (Å²) in [6.45, 7) is 0. The molecule has 0 atom stereocenters. The molecule has 0 saturated carbocycles. The van der Waals surface area contributed by atoms with Crippen molar-refractivity contribution >= 4 is 21.8 Å². The highest BCUT2D eigenvalue weighted by Gasteiger charge is 2.23. The molecule has 188 valence electrons. The molecule has 0 unspecified atom stereocenters. The van der Waals surface area contributed by atoms with Crippen LogP contribution in [-0.4, -0.2) is 4.57 Å². The fraction of sp³-hybridized carbons (Fsp3) is 0.0769. The van der Waals surface area contributed by atoms with E-state index in [1.165, 1.54) is 88.6 Å². The highest BCUT2D eigenvalue weighted by molar-refractivity contribution is 6.11. The second kappa shape index (κ2) is 8.07. The van der Waals surface area contributed by atoms with Crippen molar-refractivity contribution in [2.24, 2.45) is 7.05 Å². The van der Waals surface area contributed by atoms with Crippen LogP contribution in [0.25, 0.3) is 66.3 Å². The predicted octanol–water partition coefficient (Wildman–Crippen LogP) is 9.81. The topological polar surface area (TPSA) is 4.93 Å². The van der Waals surface area contributed by atoms with Gasteiger partial charge in [-0.1, -0.05) is 97.1 Å². The standard InChI is InChI=1S/C39H27N/c1-40-38-18-16-26(30-12-6-14-32-28-10-4-2-8-24(28)20-34(30)32)22-36(38)37-23-27(17-19-39(37)40)31-13-7-15-33-29-11-5-3-9-25(29)21-35(31)33/h2-19,22-23H,20-21H2,1H3. The Hall–Kier alpha value is -4.88. The third-order valence-corrected chi connectivity index (χ3v) is 9.33. The zero-order valence-electron chi connectivity index (χ0n) is 22.4. The summed E-state index contributed by atoms with van der Waals surface area (Å²) >= 11 is 0. The maximum absolute atomic E-state index is 2.42. The Morgan fingerprint density at radius 2 is 0.850 bits per heavy atom. The first-order chi connectivity index (χ1) is 19.7. The SMILES string of the molecule is Cn1c2ccc(-c3cccc4c3Cc3ccccc3-4)cc2c2cc(-c3cccc4c3Cc3ccccc3-4)ccc21. The summed E-state index contributed by atoms with van der Waals surface area (Å²) in [4.78, 5) is 0. The lowest BCUT2D eigenvalue weighted by molar-refractivity contribution is 1.01. The van der Waals surface area contributed by atoms with Crippen LogP contribution in [-0.2, 0) is 19.9 Å². The van der Waals surface area contributed by atoms with Crippen molar-refractivity contribution < 1.29 is 0 Å². The van der Waals surface area contributed by atoms with Crippen LogP contribution in [0.15, 0.2) is 121 Å². The third kappa shape index (κ3) is 2.98. The van der Waals surface area contributed by atoms with E-state index >= 15 is 0 Å². The second-order valence-corrected chi connectivity index (χ2v) is 11.4. The molecule has 1 heteroatoms. The van der Waals surface area contributed by atoms with Gasteiger partial charge < -0.3 is 4.57 Å². The van der Waals surface area contributed by atoms with Crippen LogP contribution in [0, 0.1) is 0 Å². The average Bonchev–Trinajstić information content (AvgIpc) is 3.66. The number of aryl methyl sites for hydroxylation is 1. The summed E-state index contributed by atoms with van der Waals surface area (Å²) in [6.07, 6.45) is 2.00. The molecule has 0 fully saturated rings. The van der Waals surface area contributed by atoms with Gasteiger partial charge in [0.1, 0.15) is 0 Å². The molecule has 0 spiro atoms. The second-order valence-electron chi connectivity index (χ2n) is 11.4. The lowest BCUT2D eigenvalue weighted by Gasteiger charge is -2.10. The van der Waals surface area contributed by atoms with Crippen LogP contribution in [0.4, 0.5) is 0 Å². The number of hydrogen-bond acceptors (Lipinski definition) is 0. The molecular formula is C39H27N. The van der Waals surface area contributed by atoms with Crippen LogP contribution in [0.2, 0.25) is 0 Å². The molecule has 0 saturated heterocycles. The van der Waals surface area contributed by atoms with E-state index < -0.39 is 0 Å². The molecule has 6 aromatic carbocycles. The van der Waals surface area contributed by atoms with Crippen molar-refractivity contribution in [3.05, 3.63) is 144 Å². The van der Waals surface area contributed by atoms with Gasteiger partial charge in [0.2, 0.25) is 0 Å². The summed E-state index contributed by atoms with van der Waals surface area (Å²) in [5.74, 6) is 0. The fourth-order valence-electron chi connectivity index (χ4n) is 7.41. The van der Waals surface area contributed by atoms with E-state index in [-0.39, 0.29) is 0 Å². The first-order valence-corrected chi connectivity index (χ1v) is 14.2. The van der Waals surface area contributed by atoms with Gasteiger partial charge in [-0.25, -0.2) is 0 Å². The Bertz CT molecular complexity index is 2020. The molecule has 40 heavy (non-hydrogen) atoms. The van der Waals surface area contributed by atoms with E-state index in [2.05, 4.69) is 133 Å². The molecule has 2 aliphatic carbocycles. The number of nitrogens with zero attached hydrogens (tertiary/aromatic N) is 1. The lowest BCUT2D eigenvalue weighted by atomic mass is 9.93. The van der Waals surface area contributed by atoms with Crippen LogP contribution < -0.4 is 0 Å². The molecular weight excluding hydrogens is 482 g/mol. The van der Waals surface area contributed by atoms with Gasteiger partial charge in [0, 0.05) is 28.9 Å². The van der Waals surface area contributed by atoms with Crippen molar-refractivity contribution in [3.63, 3.8) is 0 Å². The largest absolute Gasteiger partial charge is 0.344 e. The summed E-state index contributed by atoms with van der Waals surface area (Å²) in [7, 11) is 2.19. The van der Waals surface area contributed by atoms with Gasteiger partial charge in [-0.3, -0.25) is 0 Å². The van der Waals surface area contributed by atoms with Gasteiger partial charge in [-0.15, -0.1) is 0 Å². The number of fused-ring (bicyclic) bond motifs is 9. The van der Waals surface area contributed by atoms with Crippen molar-refractivity contribution in [1.29, 1.82) is 0 Å². The summed E-state index contributed by atoms with van der Waals surface area (Å²) in [5, 5.41) is 2.64. The average molecular weight is 510 g/mol. The molecule has 1 heterocycles. The summed E-state index contributed by atoms with van der Waals surface area (Å²) in [5.41, 5.74) is 19.1. The molecule has 7 aromatic rings. The highest BCUT2D eigenvalue weighted by Crippen LogP contribution is 2.44. The maximum atomic E-state index is 2.42. The number of rotatable bonds is 2. The molecule has 2 aliphatic rings. The number of hydrogen-bond donors (Lipinski definition) is 0. The van der Waals surface area contributed by atoms with E-state index in [9.17, 15) is 0 Å². The van der Waals surface area contributed by atoms with Crippen molar-refractivity contribution in [1.82, 2.24) is 4.57 Å². The summed E-state index contributed by atoms with van der Waals surface area (Å²) < 4.78 is 2.34.